The summed E-state index contributed by atoms with van der Waals surface area (Å²) in [6, 6.07) is 10.8. The number of ether oxygens (including phenoxy) is 1. The average molecular weight is 586 g/mol. The van der Waals surface area contributed by atoms with Crippen molar-refractivity contribution in [2.45, 2.75) is 30.5 Å². The molecule has 3 unspecified atom stereocenters. The zero-order chi connectivity index (χ0) is 29.7. The molecule has 4 atom stereocenters. The summed E-state index contributed by atoms with van der Waals surface area (Å²) in [7, 11) is 2.07. The summed E-state index contributed by atoms with van der Waals surface area (Å²) in [5, 5.41) is 21.3. The van der Waals surface area contributed by atoms with Crippen LogP contribution in [0.2, 0.25) is 0 Å². The number of likely N-dealkylation sites (N-methyl/N-ethyl adjacent to an activating group) is 1. The fourth-order valence-corrected chi connectivity index (χ4v) is 6.98. The molecule has 2 amide bonds. The average Bonchev–Trinajstić information content (AvgIpc) is 3.50. The predicted molar refractivity (Wildman–Crippen MR) is 152 cm³/mol. The standard InChI is InChI=1S/C30H32FN9O3/c1-37-8-6-33-20(13-37)10-28(41)38-16-24-25(17-38)30(24,18-32)27-5-2-19(12-34-27)23-4-3-21(11-26(23)31)40-15-22(43-29(40)42)14-39-9-7-35-36-39/h2-5,7,9,11-12,20,22,24-25,33H,6,8,10,13-17H2,1H3/t20?,22-,24?,25?,30?/m0/s1. The van der Waals surface area contributed by atoms with Crippen LogP contribution in [0, 0.1) is 29.0 Å². The molecule has 1 N–H and O–H groups in total. The molecule has 3 aromatic rings. The largest absolute Gasteiger partial charge is 0.442 e. The van der Waals surface area contributed by atoms with Gasteiger partial charge in [-0.2, -0.15) is 5.26 Å². The molecule has 2 aromatic heterocycles. The molecule has 5 heterocycles. The molecule has 1 saturated carbocycles. The van der Waals surface area contributed by atoms with E-state index < -0.39 is 23.4 Å². The second-order valence-electron chi connectivity index (χ2n) is 11.9. The van der Waals surface area contributed by atoms with E-state index in [0.717, 1.165) is 19.6 Å². The first-order valence-electron chi connectivity index (χ1n) is 14.6. The van der Waals surface area contributed by atoms with Gasteiger partial charge in [-0.1, -0.05) is 11.3 Å². The Kier molecular flexibility index (Phi) is 6.82. The van der Waals surface area contributed by atoms with Gasteiger partial charge in [0.1, 0.15) is 17.3 Å². The number of carbonyl (C=O) groups excluding carboxylic acids is 2. The van der Waals surface area contributed by atoms with Gasteiger partial charge in [-0.15, -0.1) is 5.10 Å². The highest BCUT2D eigenvalue weighted by Gasteiger charge is 2.71. The van der Waals surface area contributed by atoms with Crippen molar-refractivity contribution in [2.24, 2.45) is 11.8 Å². The van der Waals surface area contributed by atoms with Gasteiger partial charge in [0.05, 0.1) is 36.7 Å². The normalized spacial score (nSPS) is 28.4. The van der Waals surface area contributed by atoms with Crippen molar-refractivity contribution >= 4 is 17.7 Å². The summed E-state index contributed by atoms with van der Waals surface area (Å²) in [6.07, 6.45) is 4.31. The number of piperidine rings is 1. The number of hydrogen-bond acceptors (Lipinski definition) is 9. The Hall–Kier alpha value is -4.41. The number of fused-ring (bicyclic) bond motifs is 1. The van der Waals surface area contributed by atoms with Crippen LogP contribution < -0.4 is 10.2 Å². The fraction of sp³-hybridized carbons (Fsp3) is 0.467. The van der Waals surface area contributed by atoms with Crippen molar-refractivity contribution in [1.82, 2.24) is 35.1 Å². The van der Waals surface area contributed by atoms with Crippen molar-refractivity contribution in [3.8, 4) is 17.2 Å². The molecule has 4 aliphatic rings. The van der Waals surface area contributed by atoms with E-state index in [1.807, 2.05) is 4.90 Å². The van der Waals surface area contributed by atoms with Gasteiger partial charge in [0.15, 0.2) is 0 Å². The maximum Gasteiger partial charge on any atom is 0.414 e. The summed E-state index contributed by atoms with van der Waals surface area (Å²) in [5.41, 5.74) is 1.25. The van der Waals surface area contributed by atoms with E-state index in [1.54, 1.807) is 47.5 Å². The SMILES string of the molecule is CN1CCNC(CC(=O)N2CC3C(C2)C3(C#N)c2ccc(-c3ccc(N4C[C@H](Cn5ccnn5)OC4=O)cc3F)cn2)C1. The Morgan fingerprint density at radius 1 is 1.21 bits per heavy atom. The molecule has 13 heteroatoms. The number of rotatable bonds is 7. The molecular formula is C30H32FN9O3. The summed E-state index contributed by atoms with van der Waals surface area (Å²) in [5.74, 6) is -0.273. The lowest BCUT2D eigenvalue weighted by molar-refractivity contribution is -0.131. The zero-order valence-electron chi connectivity index (χ0n) is 23.8. The molecule has 7 rings (SSSR count). The van der Waals surface area contributed by atoms with Crippen molar-refractivity contribution in [3.05, 3.63) is 60.4 Å². The number of benzene rings is 1. The van der Waals surface area contributed by atoms with Crippen LogP contribution in [-0.2, 0) is 21.5 Å². The van der Waals surface area contributed by atoms with Crippen molar-refractivity contribution in [3.63, 3.8) is 0 Å². The molecular weight excluding hydrogens is 553 g/mol. The highest BCUT2D eigenvalue weighted by molar-refractivity contribution is 5.90. The molecule has 43 heavy (non-hydrogen) atoms. The third-order valence-electron chi connectivity index (χ3n) is 9.30. The quantitative estimate of drug-likeness (QED) is 0.440. The lowest BCUT2D eigenvalue weighted by Gasteiger charge is -2.32. The predicted octanol–water partition coefficient (Wildman–Crippen LogP) is 1.65. The number of pyridine rings is 1. The molecule has 4 fully saturated rings. The maximum absolute atomic E-state index is 15.3. The molecule has 0 radical (unpaired) electrons. The summed E-state index contributed by atoms with van der Waals surface area (Å²) in [4.78, 5) is 35.5. The van der Waals surface area contributed by atoms with Crippen molar-refractivity contribution < 1.29 is 18.7 Å². The zero-order valence-corrected chi connectivity index (χ0v) is 23.8. The van der Waals surface area contributed by atoms with Gasteiger partial charge in [-0.3, -0.25) is 14.7 Å². The van der Waals surface area contributed by atoms with E-state index >= 15 is 4.39 Å². The topological polar surface area (TPSA) is 133 Å². The number of cyclic esters (lactones) is 1. The van der Waals surface area contributed by atoms with E-state index in [4.69, 9.17) is 4.74 Å². The first-order valence-corrected chi connectivity index (χ1v) is 14.6. The van der Waals surface area contributed by atoms with E-state index in [2.05, 4.69) is 38.6 Å². The van der Waals surface area contributed by atoms with Gasteiger partial charge in [-0.25, -0.2) is 13.9 Å². The number of likely N-dealkylation sites (tertiary alicyclic amines) is 1. The Balaban J connectivity index is 0.995. The molecule has 0 spiro atoms. The third-order valence-corrected chi connectivity index (χ3v) is 9.30. The number of carbonyl (C=O) groups is 2. The molecule has 1 aromatic carbocycles. The van der Waals surface area contributed by atoms with E-state index in [1.165, 1.54) is 11.0 Å². The molecule has 3 saturated heterocycles. The summed E-state index contributed by atoms with van der Waals surface area (Å²) < 4.78 is 22.3. The van der Waals surface area contributed by atoms with Gasteiger partial charge in [0.2, 0.25) is 5.91 Å². The molecule has 222 valence electrons. The second-order valence-corrected chi connectivity index (χ2v) is 11.9. The highest BCUT2D eigenvalue weighted by atomic mass is 19.1. The second kappa shape index (κ2) is 10.7. The lowest BCUT2D eigenvalue weighted by atomic mass is 9.95. The highest BCUT2D eigenvalue weighted by Crippen LogP contribution is 2.62. The Morgan fingerprint density at radius 2 is 2.05 bits per heavy atom. The van der Waals surface area contributed by atoms with Crippen LogP contribution in [0.1, 0.15) is 12.1 Å². The van der Waals surface area contributed by atoms with Gasteiger partial charge in [0, 0.05) is 80.5 Å². The van der Waals surface area contributed by atoms with E-state index in [0.29, 0.717) is 48.6 Å². The van der Waals surface area contributed by atoms with Crippen molar-refractivity contribution in [1.29, 1.82) is 5.26 Å². The minimum atomic E-state index is -0.722. The summed E-state index contributed by atoms with van der Waals surface area (Å²) in [6.45, 7) is 4.45. The van der Waals surface area contributed by atoms with Crippen LogP contribution in [0.5, 0.6) is 0 Å². The van der Waals surface area contributed by atoms with Crippen LogP contribution in [0.15, 0.2) is 48.9 Å². The van der Waals surface area contributed by atoms with Crippen LogP contribution in [0.4, 0.5) is 14.9 Å². The number of hydrogen-bond donors (Lipinski definition) is 1. The summed E-state index contributed by atoms with van der Waals surface area (Å²) >= 11 is 0. The number of amides is 2. The molecule has 1 aliphatic carbocycles. The number of piperazine rings is 1. The van der Waals surface area contributed by atoms with Gasteiger partial charge >= 0.3 is 6.09 Å². The number of halogens is 1. The van der Waals surface area contributed by atoms with Gasteiger partial charge in [0.25, 0.3) is 0 Å². The van der Waals surface area contributed by atoms with Crippen LogP contribution in [0.25, 0.3) is 11.1 Å². The van der Waals surface area contributed by atoms with Crippen molar-refractivity contribution in [2.75, 3.05) is 51.2 Å². The van der Waals surface area contributed by atoms with Gasteiger partial charge < -0.3 is 19.9 Å². The minimum Gasteiger partial charge on any atom is -0.442 e. The number of anilines is 1. The van der Waals surface area contributed by atoms with Gasteiger partial charge in [-0.05, 0) is 31.3 Å². The number of nitrogens with one attached hydrogen (secondary N) is 1. The third kappa shape index (κ3) is 4.90. The Morgan fingerprint density at radius 3 is 2.72 bits per heavy atom. The fourth-order valence-electron chi connectivity index (χ4n) is 6.98. The maximum atomic E-state index is 15.3. The van der Waals surface area contributed by atoms with Crippen LogP contribution >= 0.6 is 0 Å². The smallest absolute Gasteiger partial charge is 0.414 e. The minimum absolute atomic E-state index is 0.0476. The molecule has 3 aliphatic heterocycles. The van der Waals surface area contributed by atoms with E-state index in [-0.39, 0.29) is 30.3 Å². The Labute approximate surface area is 248 Å². The lowest BCUT2D eigenvalue weighted by Crippen LogP contribution is -2.51. The number of nitrogens with zero attached hydrogens (tertiary/aromatic N) is 8. The van der Waals surface area contributed by atoms with Crippen LogP contribution in [-0.4, -0.2) is 100 Å². The van der Waals surface area contributed by atoms with E-state index in [9.17, 15) is 14.9 Å². The monoisotopic (exact) mass is 585 g/mol. The molecule has 0 bridgehead atoms. The van der Waals surface area contributed by atoms with Crippen LogP contribution in [0.3, 0.4) is 0 Å². The number of aromatic nitrogens is 4. The first-order chi connectivity index (χ1) is 20.9. The first kappa shape index (κ1) is 27.4. The Bertz CT molecular complexity index is 1560. The number of nitriles is 1. The molecule has 12 nitrogen and oxygen atoms in total.